The van der Waals surface area contributed by atoms with Gasteiger partial charge >= 0.3 is 11.9 Å². The number of ether oxygens (including phenoxy) is 6. The number of methoxy groups -OCH3 is 2. The number of rotatable bonds is 13. The SMILES string of the molecule is CCCCC[C@H]1C(=O)N[C@@H](Cc2ccc3ccccc3c2)C(=O)N(C)[C@@H](COC(C)(C)C)C(=O)NCC(=O)N(C)CCC=CC(=O)OCC(C)(C)C(=O)C(=O)N2CCCC[C@H]2C(=O)O[C@H](CCc2ccc(OC)c(OC)c2)c2ccc(F)c(c2)OCC(=O)N1C. The summed E-state index contributed by atoms with van der Waals surface area (Å²) < 4.78 is 50.8. The fraction of sp³-hybridized carbons (Fsp3) is 0.515. The van der Waals surface area contributed by atoms with Crippen LogP contribution < -0.4 is 24.8 Å². The number of carbonyl (C=O) groups excluding carboxylic acids is 9. The van der Waals surface area contributed by atoms with Crippen molar-refractivity contribution in [3.8, 4) is 17.2 Å². The predicted octanol–water partition coefficient (Wildman–Crippen LogP) is 7.42. The molecular weight excluding hydrogens is 1160 g/mol. The zero-order valence-corrected chi connectivity index (χ0v) is 53.9. The molecule has 0 spiro atoms. The third-order valence-electron chi connectivity index (χ3n) is 16.1. The van der Waals surface area contributed by atoms with Crippen molar-refractivity contribution in [3.05, 3.63) is 114 Å². The van der Waals surface area contributed by atoms with Crippen molar-refractivity contribution < 1.29 is 76.0 Å². The van der Waals surface area contributed by atoms with Crippen molar-refractivity contribution in [2.45, 2.75) is 148 Å². The van der Waals surface area contributed by atoms with E-state index in [0.29, 0.717) is 42.7 Å². The number of unbranched alkanes of at least 4 members (excludes halogenated alkanes) is 2. The second kappa shape index (κ2) is 32.9. The lowest BCUT2D eigenvalue weighted by molar-refractivity contribution is -0.165. The lowest BCUT2D eigenvalue weighted by atomic mass is 9.87. The monoisotopic (exact) mass is 1250 g/mol. The number of benzene rings is 4. The molecule has 2 aliphatic rings. The van der Waals surface area contributed by atoms with Gasteiger partial charge in [0.25, 0.3) is 11.8 Å². The Bertz CT molecular complexity index is 3230. The number of fused-ring (bicyclic) bond motifs is 4. The fourth-order valence-corrected chi connectivity index (χ4v) is 10.5. The van der Waals surface area contributed by atoms with Gasteiger partial charge in [0.2, 0.25) is 29.4 Å². The highest BCUT2D eigenvalue weighted by Gasteiger charge is 2.43. The van der Waals surface area contributed by atoms with Crippen LogP contribution in [0.4, 0.5) is 4.39 Å². The van der Waals surface area contributed by atoms with E-state index in [4.69, 9.17) is 28.4 Å². The van der Waals surface area contributed by atoms with Crippen molar-refractivity contribution >= 4 is 63.9 Å². The maximum absolute atomic E-state index is 16.0. The molecule has 22 heteroatoms. The van der Waals surface area contributed by atoms with Gasteiger partial charge in [-0.3, -0.25) is 33.6 Å². The standard InChI is InChI=1S/C68H89FN6O15/c1-12-13-14-23-51-63(81)71-50(37-45-26-29-46-21-15-16-22-47(46)36-45)64(82)74(9)53(41-89-67(2,3)4)62(80)70-40-58(76)72(7)34-19-18-25-60(78)88-43-68(5,6)61(79)65(83)75-35-20-17-24-52(75)66(84)90-54(32-27-44-28-33-55(85-10)57(38-44)86-11)48-30-31-49(69)56(39-48)87-42-59(77)73(51)8/h15-16,18,21-22,25-26,28-31,33,36,38-39,50-54H,12-14,17,19-20,23-24,27,32,34-35,37,40-43H2,1-11H3,(H,70,80)(H,71,81)/t50-,51-,52-,53-,54+/m0/s1. The lowest BCUT2D eigenvalue weighted by Crippen LogP contribution is -2.59. The number of likely N-dealkylation sites (N-methyl/N-ethyl adjacent to an activating group) is 3. The summed E-state index contributed by atoms with van der Waals surface area (Å²) in [6.07, 6.45) is 5.33. The molecule has 488 valence electrons. The highest BCUT2D eigenvalue weighted by molar-refractivity contribution is 6.38. The molecule has 21 nitrogen and oxygen atoms in total. The molecule has 2 bridgehead atoms. The van der Waals surface area contributed by atoms with Crippen LogP contribution in [0.25, 0.3) is 10.8 Å². The molecule has 4 aromatic carbocycles. The highest BCUT2D eigenvalue weighted by atomic mass is 19.1. The molecule has 6 rings (SSSR count). The minimum absolute atomic E-state index is 0.0407. The summed E-state index contributed by atoms with van der Waals surface area (Å²) >= 11 is 0. The van der Waals surface area contributed by atoms with E-state index in [1.807, 2.05) is 55.5 Å². The molecule has 1 fully saturated rings. The van der Waals surface area contributed by atoms with E-state index in [-0.39, 0.29) is 69.5 Å². The number of ketones is 1. The maximum Gasteiger partial charge on any atom is 0.330 e. The number of amides is 6. The second-order valence-electron chi connectivity index (χ2n) is 24.5. The Hall–Kier alpha value is -8.40. The molecule has 2 aliphatic heterocycles. The van der Waals surface area contributed by atoms with Crippen LogP contribution in [0, 0.1) is 11.2 Å². The van der Waals surface area contributed by atoms with Gasteiger partial charge in [-0.05, 0) is 131 Å². The summed E-state index contributed by atoms with van der Waals surface area (Å²) in [5, 5.41) is 7.41. The van der Waals surface area contributed by atoms with E-state index in [0.717, 1.165) is 34.9 Å². The number of hydrogen-bond acceptors (Lipinski definition) is 15. The van der Waals surface area contributed by atoms with Crippen molar-refractivity contribution in [2.75, 3.05) is 74.8 Å². The Morgan fingerprint density at radius 2 is 1.47 bits per heavy atom. The van der Waals surface area contributed by atoms with E-state index in [1.54, 1.807) is 32.9 Å². The van der Waals surface area contributed by atoms with E-state index in [9.17, 15) is 38.4 Å². The highest BCUT2D eigenvalue weighted by Crippen LogP contribution is 2.34. The van der Waals surface area contributed by atoms with Crippen molar-refractivity contribution in [1.82, 2.24) is 30.2 Å². The van der Waals surface area contributed by atoms with Gasteiger partial charge < -0.3 is 58.7 Å². The predicted molar refractivity (Wildman–Crippen MR) is 335 cm³/mol. The van der Waals surface area contributed by atoms with Crippen LogP contribution >= 0.6 is 0 Å². The minimum atomic E-state index is -1.54. The first kappa shape index (κ1) is 70.7. The van der Waals surface area contributed by atoms with Gasteiger partial charge in [-0.15, -0.1) is 0 Å². The van der Waals surface area contributed by atoms with Crippen molar-refractivity contribution in [3.63, 3.8) is 0 Å². The average molecular weight is 1250 g/mol. The average Bonchev–Trinajstić information content (AvgIpc) is 1.04. The van der Waals surface area contributed by atoms with Crippen LogP contribution in [-0.4, -0.2) is 177 Å². The normalized spacial score (nSPS) is 21.4. The number of halogens is 1. The number of aryl methyl sites for hydroxylation is 1. The van der Waals surface area contributed by atoms with Gasteiger partial charge in [-0.25, -0.2) is 14.0 Å². The number of cyclic esters (lactones) is 2. The van der Waals surface area contributed by atoms with Gasteiger partial charge in [-0.1, -0.05) is 86.9 Å². The Morgan fingerprint density at radius 3 is 2.18 bits per heavy atom. The number of carbonyl (C=O) groups is 9. The number of nitrogens with one attached hydrogen (secondary N) is 2. The number of Topliss-reactive ketones (excluding diaryl/α,β-unsaturated/α-hetero) is 1. The molecule has 2 N–H and O–H groups in total. The summed E-state index contributed by atoms with van der Waals surface area (Å²) in [5.41, 5.74) is -0.601. The van der Waals surface area contributed by atoms with Crippen LogP contribution in [0.2, 0.25) is 0 Å². The van der Waals surface area contributed by atoms with Gasteiger partial charge in [0.05, 0.1) is 38.4 Å². The smallest absolute Gasteiger partial charge is 0.330 e. The lowest BCUT2D eigenvalue weighted by Gasteiger charge is -2.36. The Balaban J connectivity index is 1.37. The second-order valence-corrected chi connectivity index (χ2v) is 24.5. The molecule has 0 aliphatic carbocycles. The number of hydrogen-bond donors (Lipinski definition) is 2. The Labute approximate surface area is 527 Å². The van der Waals surface area contributed by atoms with Gasteiger partial charge in [0, 0.05) is 46.7 Å². The van der Waals surface area contributed by atoms with E-state index in [2.05, 4.69) is 10.6 Å². The van der Waals surface area contributed by atoms with Gasteiger partial charge in [-0.2, -0.15) is 0 Å². The summed E-state index contributed by atoms with van der Waals surface area (Å²) in [7, 11) is 7.34. The van der Waals surface area contributed by atoms with Crippen molar-refractivity contribution in [1.29, 1.82) is 0 Å². The van der Waals surface area contributed by atoms with Gasteiger partial charge in [0.15, 0.2) is 29.7 Å². The first-order valence-electron chi connectivity index (χ1n) is 30.7. The quantitative estimate of drug-likeness (QED) is 0.0751. The minimum Gasteiger partial charge on any atom is -0.493 e. The zero-order valence-electron chi connectivity index (χ0n) is 53.9. The zero-order chi connectivity index (χ0) is 65.9. The van der Waals surface area contributed by atoms with Gasteiger partial charge in [0.1, 0.15) is 36.9 Å². The topological polar surface area (TPSA) is 246 Å². The Kier molecular flexibility index (Phi) is 25.8. The molecule has 1 saturated heterocycles. The van der Waals surface area contributed by atoms with E-state index in [1.165, 1.54) is 87.0 Å². The third-order valence-corrected chi connectivity index (χ3v) is 16.1. The fourth-order valence-electron chi connectivity index (χ4n) is 10.5. The summed E-state index contributed by atoms with van der Waals surface area (Å²) in [5.74, 6) is -7.11. The molecule has 0 unspecified atom stereocenters. The first-order chi connectivity index (χ1) is 42.7. The third kappa shape index (κ3) is 19.8. The maximum atomic E-state index is 16.0. The van der Waals surface area contributed by atoms with Crippen LogP contribution in [-0.2, 0) is 70.2 Å². The molecule has 5 atom stereocenters. The Morgan fingerprint density at radius 1 is 0.744 bits per heavy atom. The molecule has 6 amide bonds. The van der Waals surface area contributed by atoms with Crippen molar-refractivity contribution in [2.24, 2.45) is 5.41 Å². The largest absolute Gasteiger partial charge is 0.493 e. The number of piperidine rings is 1. The number of nitrogens with zero attached hydrogens (tertiary/aromatic N) is 4. The number of esters is 2. The van der Waals surface area contributed by atoms with E-state index >= 15 is 9.18 Å². The molecule has 2 heterocycles. The van der Waals surface area contributed by atoms with Crippen LogP contribution in [0.1, 0.15) is 122 Å². The summed E-state index contributed by atoms with van der Waals surface area (Å²) in [4.78, 5) is 133. The molecule has 0 aromatic heterocycles. The summed E-state index contributed by atoms with van der Waals surface area (Å²) in [6.45, 7) is 8.36. The van der Waals surface area contributed by atoms with Crippen LogP contribution in [0.3, 0.4) is 0 Å². The molecule has 4 aromatic rings. The summed E-state index contributed by atoms with van der Waals surface area (Å²) in [6, 6.07) is 17.4. The van der Waals surface area contributed by atoms with Crippen LogP contribution in [0.15, 0.2) is 91.0 Å². The molecular formula is C68H89FN6O15. The van der Waals surface area contributed by atoms with E-state index < -0.39 is 120 Å². The van der Waals surface area contributed by atoms with Crippen LogP contribution in [0.5, 0.6) is 17.2 Å². The first-order valence-corrected chi connectivity index (χ1v) is 30.7. The molecule has 0 saturated carbocycles. The molecule has 0 radical (unpaired) electrons. The molecule has 90 heavy (non-hydrogen) atoms.